The average Bonchev–Trinajstić information content (AvgIpc) is 3.17. The minimum absolute atomic E-state index is 0.0141. The maximum absolute atomic E-state index is 12.1. The number of rotatable bonds is 6. The minimum Gasteiger partial charge on any atom is -0.491 e. The van der Waals surface area contributed by atoms with Crippen molar-refractivity contribution in [2.75, 3.05) is 13.2 Å². The van der Waals surface area contributed by atoms with E-state index >= 15 is 0 Å². The van der Waals surface area contributed by atoms with Gasteiger partial charge in [0.1, 0.15) is 24.0 Å². The van der Waals surface area contributed by atoms with Gasteiger partial charge in [-0.2, -0.15) is 0 Å². The summed E-state index contributed by atoms with van der Waals surface area (Å²) in [5.74, 6) is 0.788. The van der Waals surface area contributed by atoms with Crippen LogP contribution in [0.25, 0.3) is 0 Å². The summed E-state index contributed by atoms with van der Waals surface area (Å²) in [7, 11) is 0. The van der Waals surface area contributed by atoms with E-state index in [0.29, 0.717) is 11.7 Å². The Kier molecular flexibility index (Phi) is 4.81. The van der Waals surface area contributed by atoms with Crippen LogP contribution in [-0.4, -0.2) is 46.7 Å². The second-order valence-corrected chi connectivity index (χ2v) is 7.12. The van der Waals surface area contributed by atoms with Crippen molar-refractivity contribution < 1.29 is 19.4 Å². The molecule has 0 radical (unpaired) electrons. The number of allylic oxidation sites excluding steroid dienone is 2. The summed E-state index contributed by atoms with van der Waals surface area (Å²) in [6.07, 6.45) is 5.73. The number of amides is 3. The lowest BCUT2D eigenvalue weighted by Gasteiger charge is -2.19. The van der Waals surface area contributed by atoms with Crippen LogP contribution < -0.4 is 10.1 Å². The maximum Gasteiger partial charge on any atom is 0.325 e. The van der Waals surface area contributed by atoms with Gasteiger partial charge >= 0.3 is 6.03 Å². The van der Waals surface area contributed by atoms with Gasteiger partial charge in [0.15, 0.2) is 0 Å². The van der Waals surface area contributed by atoms with Crippen LogP contribution in [0.2, 0.25) is 0 Å². The Morgan fingerprint density at radius 2 is 2.04 bits per heavy atom. The van der Waals surface area contributed by atoms with E-state index in [1.807, 2.05) is 24.3 Å². The predicted molar refractivity (Wildman–Crippen MR) is 93.4 cm³/mol. The van der Waals surface area contributed by atoms with Crippen molar-refractivity contribution >= 4 is 11.9 Å². The number of imide groups is 1. The van der Waals surface area contributed by atoms with Crippen molar-refractivity contribution in [3.8, 4) is 5.75 Å². The number of β-amino-alcohol motifs (C(OH)–C–C–N with tert-alkyl or cyclic N) is 1. The molecule has 6 heteroatoms. The standard InChI is InChI=1S/C19H24N2O4/c1-19(2)17(23)21(18(24)20-19)11-15(22)12-25-16-9-7-14(8-10-16)13-5-3-4-6-13/h3,5,7-10,13,15,22H,4,6,11-12H2,1-2H3,(H,20,24)/t13-,15+/m0/s1. The van der Waals surface area contributed by atoms with Gasteiger partial charge in [0.25, 0.3) is 5.91 Å². The summed E-state index contributed by atoms with van der Waals surface area (Å²) < 4.78 is 5.58. The number of ether oxygens (including phenoxy) is 1. The third kappa shape index (κ3) is 3.85. The first-order valence-electron chi connectivity index (χ1n) is 8.58. The van der Waals surface area contributed by atoms with Gasteiger partial charge in [0.05, 0.1) is 6.54 Å². The second-order valence-electron chi connectivity index (χ2n) is 7.12. The quantitative estimate of drug-likeness (QED) is 0.612. The maximum atomic E-state index is 12.1. The highest BCUT2D eigenvalue weighted by molar-refractivity contribution is 6.06. The molecule has 1 aromatic rings. The van der Waals surface area contributed by atoms with Crippen molar-refractivity contribution in [2.24, 2.45) is 0 Å². The number of carbonyl (C=O) groups is 2. The molecule has 1 aliphatic carbocycles. The van der Waals surface area contributed by atoms with E-state index in [1.54, 1.807) is 13.8 Å². The van der Waals surface area contributed by atoms with Gasteiger partial charge in [-0.25, -0.2) is 4.79 Å². The highest BCUT2D eigenvalue weighted by atomic mass is 16.5. The molecule has 0 saturated carbocycles. The molecule has 0 spiro atoms. The summed E-state index contributed by atoms with van der Waals surface area (Å²) in [4.78, 5) is 24.9. The van der Waals surface area contributed by atoms with Crippen molar-refractivity contribution in [1.29, 1.82) is 0 Å². The van der Waals surface area contributed by atoms with Crippen LogP contribution in [0, 0.1) is 0 Å². The minimum atomic E-state index is -0.943. The molecule has 0 aromatic heterocycles. The normalized spacial score (nSPS) is 23.0. The van der Waals surface area contributed by atoms with E-state index in [-0.39, 0.29) is 19.1 Å². The highest BCUT2D eigenvalue weighted by Crippen LogP contribution is 2.29. The van der Waals surface area contributed by atoms with Gasteiger partial charge in [-0.1, -0.05) is 24.3 Å². The van der Waals surface area contributed by atoms with Crippen LogP contribution in [-0.2, 0) is 4.79 Å². The van der Waals surface area contributed by atoms with Gasteiger partial charge in [0, 0.05) is 5.92 Å². The number of benzene rings is 1. The van der Waals surface area contributed by atoms with Crippen molar-refractivity contribution in [2.45, 2.75) is 44.2 Å². The number of aliphatic hydroxyl groups excluding tert-OH is 1. The zero-order valence-electron chi connectivity index (χ0n) is 14.6. The molecule has 0 unspecified atom stereocenters. The zero-order valence-corrected chi connectivity index (χ0v) is 14.6. The van der Waals surface area contributed by atoms with E-state index in [9.17, 15) is 14.7 Å². The van der Waals surface area contributed by atoms with Crippen LogP contribution >= 0.6 is 0 Å². The zero-order chi connectivity index (χ0) is 18.0. The summed E-state index contributed by atoms with van der Waals surface area (Å²) in [6.45, 7) is 3.20. The fraction of sp³-hybridized carbons (Fsp3) is 0.474. The van der Waals surface area contributed by atoms with Crippen molar-refractivity contribution in [3.05, 3.63) is 42.0 Å². The number of aliphatic hydroxyl groups is 1. The SMILES string of the molecule is CC1(C)NC(=O)N(C[C@@H](O)COc2ccc([C@H]3C=CCC3)cc2)C1=O. The van der Waals surface area contributed by atoms with Crippen LogP contribution in [0.3, 0.4) is 0 Å². The molecule has 6 nitrogen and oxygen atoms in total. The summed E-state index contributed by atoms with van der Waals surface area (Å²) in [5.41, 5.74) is 0.325. The van der Waals surface area contributed by atoms with Gasteiger partial charge < -0.3 is 15.2 Å². The number of nitrogens with zero attached hydrogens (tertiary/aromatic N) is 1. The molecule has 0 bridgehead atoms. The molecule has 1 saturated heterocycles. The molecule has 1 fully saturated rings. The lowest BCUT2D eigenvalue weighted by atomic mass is 9.99. The second kappa shape index (κ2) is 6.88. The largest absolute Gasteiger partial charge is 0.491 e. The Hall–Kier alpha value is -2.34. The van der Waals surface area contributed by atoms with Crippen molar-refractivity contribution in [3.63, 3.8) is 0 Å². The van der Waals surface area contributed by atoms with E-state index in [2.05, 4.69) is 17.5 Å². The highest BCUT2D eigenvalue weighted by Gasteiger charge is 2.44. The van der Waals surface area contributed by atoms with E-state index in [0.717, 1.165) is 17.7 Å². The fourth-order valence-corrected chi connectivity index (χ4v) is 3.16. The molecule has 2 aliphatic rings. The Labute approximate surface area is 147 Å². The molecule has 2 atom stereocenters. The molecule has 3 amide bonds. The summed E-state index contributed by atoms with van der Waals surface area (Å²) in [5, 5.41) is 12.7. The van der Waals surface area contributed by atoms with Crippen molar-refractivity contribution in [1.82, 2.24) is 10.2 Å². The van der Waals surface area contributed by atoms with Crippen LogP contribution in [0.15, 0.2) is 36.4 Å². The molecule has 1 heterocycles. The lowest BCUT2D eigenvalue weighted by Crippen LogP contribution is -2.42. The van der Waals surface area contributed by atoms with Gasteiger partial charge in [-0.15, -0.1) is 0 Å². The number of carbonyl (C=O) groups excluding carboxylic acids is 2. The molecule has 1 aromatic carbocycles. The molecule has 2 N–H and O–H groups in total. The summed E-state index contributed by atoms with van der Waals surface area (Å²) in [6, 6.07) is 7.34. The number of nitrogens with one attached hydrogen (secondary N) is 1. The smallest absolute Gasteiger partial charge is 0.325 e. The lowest BCUT2D eigenvalue weighted by molar-refractivity contribution is -0.131. The molecule has 3 rings (SSSR count). The average molecular weight is 344 g/mol. The Bertz CT molecular complexity index is 681. The van der Waals surface area contributed by atoms with Gasteiger partial charge in [0.2, 0.25) is 0 Å². The first-order chi connectivity index (χ1) is 11.9. The number of hydrogen-bond acceptors (Lipinski definition) is 4. The predicted octanol–water partition coefficient (Wildman–Crippen LogP) is 2.19. The van der Waals surface area contributed by atoms with E-state index in [1.165, 1.54) is 5.56 Å². The van der Waals surface area contributed by atoms with Crippen LogP contribution in [0.5, 0.6) is 5.75 Å². The van der Waals surface area contributed by atoms with E-state index < -0.39 is 17.7 Å². The Morgan fingerprint density at radius 1 is 1.32 bits per heavy atom. The Balaban J connectivity index is 1.50. The third-order valence-corrected chi connectivity index (χ3v) is 4.60. The summed E-state index contributed by atoms with van der Waals surface area (Å²) >= 11 is 0. The monoisotopic (exact) mass is 344 g/mol. The fourth-order valence-electron chi connectivity index (χ4n) is 3.16. The van der Waals surface area contributed by atoms with Crippen LogP contribution in [0.1, 0.15) is 38.2 Å². The molecule has 134 valence electrons. The Morgan fingerprint density at radius 3 is 2.60 bits per heavy atom. The first-order valence-corrected chi connectivity index (χ1v) is 8.58. The molecule has 1 aliphatic heterocycles. The molecule has 25 heavy (non-hydrogen) atoms. The topological polar surface area (TPSA) is 78.9 Å². The van der Waals surface area contributed by atoms with E-state index in [4.69, 9.17) is 4.74 Å². The number of urea groups is 1. The third-order valence-electron chi connectivity index (χ3n) is 4.60. The van der Waals surface area contributed by atoms with Gasteiger partial charge in [-0.3, -0.25) is 9.69 Å². The molecular formula is C19H24N2O4. The van der Waals surface area contributed by atoms with Gasteiger partial charge in [-0.05, 0) is 44.4 Å². The first kappa shape index (κ1) is 17.5. The molecular weight excluding hydrogens is 320 g/mol. The number of hydrogen-bond donors (Lipinski definition) is 2. The van der Waals surface area contributed by atoms with Crippen LogP contribution in [0.4, 0.5) is 4.79 Å².